The summed E-state index contributed by atoms with van der Waals surface area (Å²) in [5, 5.41) is 26.4. The van der Waals surface area contributed by atoms with Gasteiger partial charge in [-0.3, -0.25) is 9.67 Å². The Balaban J connectivity index is 2.27. The normalized spacial score (nSPS) is 10.6. The summed E-state index contributed by atoms with van der Waals surface area (Å²) in [5.74, 6) is 0.509. The van der Waals surface area contributed by atoms with Gasteiger partial charge in [0.15, 0.2) is 10.6 Å². The number of hydrogen-bond donors (Lipinski definition) is 3. The fraction of sp³-hybridized carbons (Fsp3) is 0. The number of rotatable bonds is 2. The van der Waals surface area contributed by atoms with Crippen LogP contribution in [0.2, 0.25) is 0 Å². The zero-order chi connectivity index (χ0) is 14.1. The molecule has 0 fully saturated rings. The van der Waals surface area contributed by atoms with E-state index in [0.29, 0.717) is 16.2 Å². The molecule has 0 aliphatic rings. The summed E-state index contributed by atoms with van der Waals surface area (Å²) in [6, 6.07) is 13.7. The minimum absolute atomic E-state index is 0.0222. The molecule has 5 nitrogen and oxygen atoms in total. The number of aromatic amines is 1. The van der Waals surface area contributed by atoms with Crippen molar-refractivity contribution in [2.24, 2.45) is 0 Å². The molecule has 0 atom stereocenters. The number of phenolic OH excluding ortho intramolecular Hbond substituents is 2. The van der Waals surface area contributed by atoms with E-state index in [9.17, 15) is 10.2 Å². The number of aromatic hydroxyl groups is 2. The molecule has 2 aromatic carbocycles. The van der Waals surface area contributed by atoms with Gasteiger partial charge in [0, 0.05) is 5.69 Å². The van der Waals surface area contributed by atoms with Crippen LogP contribution in [0.5, 0.6) is 11.5 Å². The second kappa shape index (κ2) is 4.82. The quantitative estimate of drug-likeness (QED) is 0.500. The number of para-hydroxylation sites is 1. The highest BCUT2D eigenvalue weighted by Gasteiger charge is 2.14. The Kier molecular flexibility index (Phi) is 3.00. The molecule has 0 aliphatic carbocycles. The van der Waals surface area contributed by atoms with E-state index in [4.69, 9.17) is 12.2 Å². The van der Waals surface area contributed by atoms with Gasteiger partial charge in [-0.1, -0.05) is 18.2 Å². The molecule has 6 heteroatoms. The van der Waals surface area contributed by atoms with Gasteiger partial charge in [0.25, 0.3) is 0 Å². The molecular weight excluding hydrogens is 274 g/mol. The van der Waals surface area contributed by atoms with Gasteiger partial charge < -0.3 is 10.2 Å². The van der Waals surface area contributed by atoms with Gasteiger partial charge in [-0.2, -0.15) is 5.10 Å². The van der Waals surface area contributed by atoms with E-state index in [1.165, 1.54) is 18.2 Å². The molecule has 0 bridgehead atoms. The lowest BCUT2D eigenvalue weighted by Gasteiger charge is -2.08. The first-order valence-electron chi connectivity index (χ1n) is 5.92. The number of H-pyrrole nitrogens is 1. The van der Waals surface area contributed by atoms with Crippen molar-refractivity contribution in [2.75, 3.05) is 0 Å². The predicted octanol–water partition coefficient (Wildman–Crippen LogP) is 3.01. The van der Waals surface area contributed by atoms with Crippen LogP contribution in [-0.4, -0.2) is 25.0 Å². The fourth-order valence-corrected chi connectivity index (χ4v) is 2.23. The molecule has 0 saturated carbocycles. The number of nitrogens with one attached hydrogen (secondary N) is 1. The lowest BCUT2D eigenvalue weighted by molar-refractivity contribution is 0.461. The number of phenols is 2. The van der Waals surface area contributed by atoms with Crippen molar-refractivity contribution in [3.63, 3.8) is 0 Å². The summed E-state index contributed by atoms with van der Waals surface area (Å²) in [4.78, 5) is 0. The van der Waals surface area contributed by atoms with Crippen LogP contribution in [0.1, 0.15) is 0 Å². The van der Waals surface area contributed by atoms with E-state index in [-0.39, 0.29) is 11.5 Å². The third-order valence-electron chi connectivity index (χ3n) is 2.91. The van der Waals surface area contributed by atoms with Gasteiger partial charge in [-0.15, -0.1) is 0 Å². The lowest BCUT2D eigenvalue weighted by atomic mass is 10.1. The first-order valence-corrected chi connectivity index (χ1v) is 6.33. The zero-order valence-electron chi connectivity index (χ0n) is 10.3. The molecule has 100 valence electrons. The minimum Gasteiger partial charge on any atom is -0.508 e. The van der Waals surface area contributed by atoms with Gasteiger partial charge in [-0.25, -0.2) is 0 Å². The Morgan fingerprint density at radius 1 is 1.05 bits per heavy atom. The van der Waals surface area contributed by atoms with Crippen molar-refractivity contribution in [1.29, 1.82) is 0 Å². The van der Waals surface area contributed by atoms with Gasteiger partial charge in [-0.05, 0) is 42.5 Å². The summed E-state index contributed by atoms with van der Waals surface area (Å²) < 4.78 is 2.11. The third-order valence-corrected chi connectivity index (χ3v) is 3.18. The summed E-state index contributed by atoms with van der Waals surface area (Å²) in [7, 11) is 0. The summed E-state index contributed by atoms with van der Waals surface area (Å²) in [6.45, 7) is 0. The van der Waals surface area contributed by atoms with Crippen molar-refractivity contribution >= 4 is 12.2 Å². The largest absolute Gasteiger partial charge is 0.508 e. The smallest absolute Gasteiger partial charge is 0.200 e. The first kappa shape index (κ1) is 12.4. The number of aromatic nitrogens is 3. The predicted molar refractivity (Wildman–Crippen MR) is 77.5 cm³/mol. The summed E-state index contributed by atoms with van der Waals surface area (Å²) in [6.07, 6.45) is 0. The highest BCUT2D eigenvalue weighted by atomic mass is 32.1. The van der Waals surface area contributed by atoms with Crippen LogP contribution in [0, 0.1) is 4.77 Å². The maximum absolute atomic E-state index is 9.96. The van der Waals surface area contributed by atoms with E-state index in [2.05, 4.69) is 10.2 Å². The zero-order valence-corrected chi connectivity index (χ0v) is 11.1. The summed E-state index contributed by atoms with van der Waals surface area (Å²) >= 11 is 5.23. The van der Waals surface area contributed by atoms with E-state index in [1.807, 2.05) is 30.3 Å². The van der Waals surface area contributed by atoms with Gasteiger partial charge in [0.1, 0.15) is 11.5 Å². The van der Waals surface area contributed by atoms with Crippen LogP contribution in [0.25, 0.3) is 17.1 Å². The number of hydrogen-bond acceptors (Lipinski definition) is 4. The van der Waals surface area contributed by atoms with E-state index in [0.717, 1.165) is 5.69 Å². The maximum Gasteiger partial charge on any atom is 0.200 e. The molecule has 0 saturated heterocycles. The molecule has 0 amide bonds. The number of benzene rings is 2. The Morgan fingerprint density at radius 3 is 2.55 bits per heavy atom. The van der Waals surface area contributed by atoms with Crippen molar-refractivity contribution in [3.8, 4) is 28.6 Å². The highest BCUT2D eigenvalue weighted by molar-refractivity contribution is 7.71. The Morgan fingerprint density at radius 2 is 1.80 bits per heavy atom. The molecule has 1 heterocycles. The Bertz CT molecular complexity index is 809. The average Bonchev–Trinajstić information content (AvgIpc) is 2.84. The second-order valence-corrected chi connectivity index (χ2v) is 4.61. The molecule has 0 aliphatic heterocycles. The first-order chi connectivity index (χ1) is 9.66. The third kappa shape index (κ3) is 2.06. The monoisotopic (exact) mass is 285 g/mol. The molecule has 3 N–H and O–H groups in total. The van der Waals surface area contributed by atoms with Crippen LogP contribution in [0.4, 0.5) is 0 Å². The van der Waals surface area contributed by atoms with Crippen LogP contribution in [-0.2, 0) is 0 Å². The molecular formula is C14H11N3O2S. The highest BCUT2D eigenvalue weighted by Crippen LogP contribution is 2.32. The Labute approximate surface area is 119 Å². The number of nitrogens with zero attached hydrogens (tertiary/aromatic N) is 2. The van der Waals surface area contributed by atoms with E-state index >= 15 is 0 Å². The van der Waals surface area contributed by atoms with Crippen LogP contribution >= 0.6 is 12.2 Å². The summed E-state index contributed by atoms with van der Waals surface area (Å²) in [5.41, 5.74) is 1.23. The van der Waals surface area contributed by atoms with Crippen molar-refractivity contribution in [1.82, 2.24) is 14.8 Å². The second-order valence-electron chi connectivity index (χ2n) is 4.22. The fourth-order valence-electron chi connectivity index (χ4n) is 2.00. The van der Waals surface area contributed by atoms with E-state index < -0.39 is 0 Å². The SMILES string of the molecule is Oc1ccc(O)c(-c2n[nH]c(=S)n2-c2ccccc2)c1. The molecule has 3 rings (SSSR count). The van der Waals surface area contributed by atoms with Crippen molar-refractivity contribution in [3.05, 3.63) is 53.3 Å². The van der Waals surface area contributed by atoms with Crippen molar-refractivity contribution in [2.45, 2.75) is 0 Å². The van der Waals surface area contributed by atoms with Gasteiger partial charge >= 0.3 is 0 Å². The Hall–Kier alpha value is -2.60. The lowest BCUT2D eigenvalue weighted by Crippen LogP contribution is -1.97. The van der Waals surface area contributed by atoms with Gasteiger partial charge in [0.2, 0.25) is 0 Å². The maximum atomic E-state index is 9.96. The molecule has 1 aromatic heterocycles. The molecule has 0 unspecified atom stereocenters. The topological polar surface area (TPSA) is 74.1 Å². The standard InChI is InChI=1S/C14H11N3O2S/c18-10-6-7-12(19)11(8-10)13-15-16-14(20)17(13)9-4-2-1-3-5-9/h1-8,18-19H,(H,16,20). The molecule has 3 aromatic rings. The molecule has 20 heavy (non-hydrogen) atoms. The van der Waals surface area contributed by atoms with Crippen LogP contribution in [0.15, 0.2) is 48.5 Å². The molecule has 0 spiro atoms. The van der Waals surface area contributed by atoms with Crippen molar-refractivity contribution < 1.29 is 10.2 Å². The van der Waals surface area contributed by atoms with Crippen LogP contribution in [0.3, 0.4) is 0 Å². The van der Waals surface area contributed by atoms with Crippen LogP contribution < -0.4 is 0 Å². The molecule has 0 radical (unpaired) electrons. The average molecular weight is 285 g/mol. The van der Waals surface area contributed by atoms with Gasteiger partial charge in [0.05, 0.1) is 5.56 Å². The minimum atomic E-state index is 0.0222. The van der Waals surface area contributed by atoms with E-state index in [1.54, 1.807) is 4.57 Å².